The van der Waals surface area contributed by atoms with Gasteiger partial charge < -0.3 is 10.1 Å². The van der Waals surface area contributed by atoms with Gasteiger partial charge in [0, 0.05) is 24.2 Å². The summed E-state index contributed by atoms with van der Waals surface area (Å²) in [7, 11) is 0. The van der Waals surface area contributed by atoms with E-state index in [0.717, 1.165) is 11.3 Å². The molecule has 3 heterocycles. The number of imidazole rings is 1. The number of para-hydroxylation sites is 1. The largest absolute Gasteiger partial charge is 0.491 e. The summed E-state index contributed by atoms with van der Waals surface area (Å²) in [5.41, 5.74) is 1.34. The lowest BCUT2D eigenvalue weighted by molar-refractivity contribution is 0.0926. The predicted molar refractivity (Wildman–Crippen MR) is 75.1 cm³/mol. The van der Waals surface area contributed by atoms with E-state index in [9.17, 15) is 4.79 Å². The summed E-state index contributed by atoms with van der Waals surface area (Å²) in [6, 6.07) is 9.34. The summed E-state index contributed by atoms with van der Waals surface area (Å²) in [6.45, 7) is 0.441. The van der Waals surface area contributed by atoms with Crippen LogP contribution in [-0.2, 0) is 0 Å². The molecule has 6 heteroatoms. The molecule has 1 aliphatic rings. The van der Waals surface area contributed by atoms with Gasteiger partial charge in [0.05, 0.1) is 6.04 Å². The van der Waals surface area contributed by atoms with Crippen LogP contribution < -0.4 is 10.1 Å². The molecule has 6 nitrogen and oxygen atoms in total. The molecule has 1 aliphatic heterocycles. The number of rotatable bonds is 2. The maximum atomic E-state index is 12.3. The maximum absolute atomic E-state index is 12.3. The SMILES string of the molecule is O=C(N[C@@H]1COc2ccccc21)c1cn2cccnc2n1. The number of hydrogen-bond acceptors (Lipinski definition) is 4. The minimum absolute atomic E-state index is 0.147. The van der Waals surface area contributed by atoms with E-state index in [1.54, 1.807) is 29.1 Å². The molecule has 0 fully saturated rings. The first kappa shape index (κ1) is 11.9. The standard InChI is InChI=1S/C15H12N4O2/c20-14(11-8-19-7-3-6-16-15(19)18-11)17-12-9-21-13-5-2-1-4-10(12)13/h1-8,12H,9H2,(H,17,20)/t12-/m1/s1. The Hall–Kier alpha value is -2.89. The van der Waals surface area contributed by atoms with Crippen LogP contribution in [0.4, 0.5) is 0 Å². The van der Waals surface area contributed by atoms with Crippen molar-refractivity contribution in [2.45, 2.75) is 6.04 Å². The molecule has 0 saturated heterocycles. The second-order valence-corrected chi connectivity index (χ2v) is 4.83. The van der Waals surface area contributed by atoms with Gasteiger partial charge in [-0.1, -0.05) is 18.2 Å². The Kier molecular flexibility index (Phi) is 2.60. The van der Waals surface area contributed by atoms with Crippen LogP contribution in [-0.4, -0.2) is 26.9 Å². The van der Waals surface area contributed by atoms with Gasteiger partial charge in [0.15, 0.2) is 0 Å². The second kappa shape index (κ2) is 4.59. The lowest BCUT2D eigenvalue weighted by Gasteiger charge is -2.10. The topological polar surface area (TPSA) is 68.5 Å². The van der Waals surface area contributed by atoms with Crippen molar-refractivity contribution < 1.29 is 9.53 Å². The molecule has 0 saturated carbocycles. The number of carbonyl (C=O) groups is 1. The van der Waals surface area contributed by atoms with Crippen molar-refractivity contribution in [3.63, 3.8) is 0 Å². The fraction of sp³-hybridized carbons (Fsp3) is 0.133. The summed E-state index contributed by atoms with van der Waals surface area (Å²) in [5, 5.41) is 2.94. The third-order valence-corrected chi connectivity index (χ3v) is 3.47. The number of hydrogen-bond donors (Lipinski definition) is 1. The Morgan fingerprint density at radius 2 is 2.24 bits per heavy atom. The molecule has 1 N–H and O–H groups in total. The zero-order valence-corrected chi connectivity index (χ0v) is 11.1. The number of nitrogens with zero attached hydrogens (tertiary/aromatic N) is 3. The van der Waals surface area contributed by atoms with Crippen molar-refractivity contribution in [2.24, 2.45) is 0 Å². The van der Waals surface area contributed by atoms with Crippen molar-refractivity contribution in [2.75, 3.05) is 6.61 Å². The minimum Gasteiger partial charge on any atom is -0.491 e. The van der Waals surface area contributed by atoms with Crippen molar-refractivity contribution >= 4 is 11.7 Å². The first-order chi connectivity index (χ1) is 10.3. The number of fused-ring (bicyclic) bond motifs is 2. The third-order valence-electron chi connectivity index (χ3n) is 3.47. The van der Waals surface area contributed by atoms with Gasteiger partial charge in [-0.2, -0.15) is 0 Å². The molecular formula is C15H12N4O2. The van der Waals surface area contributed by atoms with E-state index in [1.165, 1.54) is 0 Å². The predicted octanol–water partition coefficient (Wildman–Crippen LogP) is 1.59. The molecule has 1 aromatic carbocycles. The van der Waals surface area contributed by atoms with Crippen LogP contribution in [0.15, 0.2) is 48.9 Å². The first-order valence-corrected chi connectivity index (χ1v) is 6.63. The fourth-order valence-electron chi connectivity index (χ4n) is 2.45. The lowest BCUT2D eigenvalue weighted by Crippen LogP contribution is -2.29. The second-order valence-electron chi connectivity index (χ2n) is 4.83. The Bertz CT molecular complexity index is 794. The summed E-state index contributed by atoms with van der Waals surface area (Å²) in [6.07, 6.45) is 5.12. The van der Waals surface area contributed by atoms with Crippen LogP contribution in [0, 0.1) is 0 Å². The molecule has 0 aliphatic carbocycles. The van der Waals surface area contributed by atoms with Gasteiger partial charge in [-0.3, -0.25) is 9.20 Å². The van der Waals surface area contributed by atoms with Crippen LogP contribution in [0.1, 0.15) is 22.1 Å². The molecule has 0 bridgehead atoms. The van der Waals surface area contributed by atoms with Gasteiger partial charge in [0.25, 0.3) is 5.91 Å². The average Bonchev–Trinajstić information content (AvgIpc) is 3.11. The molecule has 0 radical (unpaired) electrons. The van der Waals surface area contributed by atoms with Crippen LogP contribution in [0.25, 0.3) is 5.78 Å². The van der Waals surface area contributed by atoms with E-state index in [0.29, 0.717) is 18.1 Å². The van der Waals surface area contributed by atoms with E-state index < -0.39 is 0 Å². The van der Waals surface area contributed by atoms with Gasteiger partial charge in [-0.05, 0) is 12.1 Å². The highest BCUT2D eigenvalue weighted by atomic mass is 16.5. The summed E-state index contributed by atoms with van der Waals surface area (Å²) >= 11 is 0. The molecule has 3 aromatic rings. The van der Waals surface area contributed by atoms with Crippen LogP contribution >= 0.6 is 0 Å². The molecular weight excluding hydrogens is 268 g/mol. The molecule has 2 aromatic heterocycles. The summed E-state index contributed by atoms with van der Waals surface area (Å²) < 4.78 is 7.27. The van der Waals surface area contributed by atoms with Crippen molar-refractivity contribution in [1.29, 1.82) is 0 Å². The number of aromatic nitrogens is 3. The van der Waals surface area contributed by atoms with Gasteiger partial charge in [0.1, 0.15) is 18.1 Å². The molecule has 104 valence electrons. The van der Waals surface area contributed by atoms with Gasteiger partial charge >= 0.3 is 0 Å². The quantitative estimate of drug-likeness (QED) is 0.774. The smallest absolute Gasteiger partial charge is 0.272 e. The first-order valence-electron chi connectivity index (χ1n) is 6.63. The summed E-state index contributed by atoms with van der Waals surface area (Å²) in [5.74, 6) is 1.09. The van der Waals surface area contributed by atoms with E-state index in [1.807, 2.05) is 24.3 Å². The zero-order valence-electron chi connectivity index (χ0n) is 11.1. The lowest BCUT2D eigenvalue weighted by atomic mass is 10.1. The Labute approximate surface area is 120 Å². The fourth-order valence-corrected chi connectivity index (χ4v) is 2.45. The van der Waals surface area contributed by atoms with Gasteiger partial charge in [-0.25, -0.2) is 9.97 Å². The molecule has 0 spiro atoms. The van der Waals surface area contributed by atoms with E-state index in [-0.39, 0.29) is 11.9 Å². The molecule has 0 unspecified atom stereocenters. The highest BCUT2D eigenvalue weighted by molar-refractivity contribution is 5.93. The number of carbonyl (C=O) groups excluding carboxylic acids is 1. The molecule has 1 atom stereocenters. The number of amides is 1. The normalized spacial score (nSPS) is 16.5. The monoisotopic (exact) mass is 280 g/mol. The van der Waals surface area contributed by atoms with Crippen molar-refractivity contribution in [3.05, 3.63) is 60.2 Å². The minimum atomic E-state index is -0.231. The molecule has 21 heavy (non-hydrogen) atoms. The Morgan fingerprint density at radius 1 is 1.33 bits per heavy atom. The van der Waals surface area contributed by atoms with Crippen LogP contribution in [0.2, 0.25) is 0 Å². The van der Waals surface area contributed by atoms with Gasteiger partial charge in [0.2, 0.25) is 5.78 Å². The van der Waals surface area contributed by atoms with Crippen molar-refractivity contribution in [1.82, 2.24) is 19.7 Å². The number of ether oxygens (including phenoxy) is 1. The summed E-state index contributed by atoms with van der Waals surface area (Å²) in [4.78, 5) is 20.6. The maximum Gasteiger partial charge on any atom is 0.272 e. The number of nitrogens with one attached hydrogen (secondary N) is 1. The Balaban J connectivity index is 1.59. The molecule has 4 rings (SSSR count). The van der Waals surface area contributed by atoms with Crippen molar-refractivity contribution in [3.8, 4) is 5.75 Å². The van der Waals surface area contributed by atoms with Crippen LogP contribution in [0.3, 0.4) is 0 Å². The molecule has 1 amide bonds. The average molecular weight is 280 g/mol. The third kappa shape index (κ3) is 2.01. The van der Waals surface area contributed by atoms with E-state index >= 15 is 0 Å². The Morgan fingerprint density at radius 3 is 3.14 bits per heavy atom. The van der Waals surface area contributed by atoms with Gasteiger partial charge in [-0.15, -0.1) is 0 Å². The zero-order chi connectivity index (χ0) is 14.2. The van der Waals surface area contributed by atoms with E-state index in [4.69, 9.17) is 4.74 Å². The van der Waals surface area contributed by atoms with Crippen LogP contribution in [0.5, 0.6) is 5.75 Å². The highest BCUT2D eigenvalue weighted by Crippen LogP contribution is 2.31. The highest BCUT2D eigenvalue weighted by Gasteiger charge is 2.26. The number of benzene rings is 1. The van der Waals surface area contributed by atoms with E-state index in [2.05, 4.69) is 15.3 Å².